The number of carbonyl (C=O) groups excluding carboxylic acids is 7. The average molecular weight is 686 g/mol. The second-order valence-corrected chi connectivity index (χ2v) is 14.3. The first-order valence-corrected chi connectivity index (χ1v) is 17.0. The van der Waals surface area contributed by atoms with Gasteiger partial charge in [-0.3, -0.25) is 33.6 Å². The molecule has 7 amide bonds. The second-order valence-electron chi connectivity index (χ2n) is 11.3. The van der Waals surface area contributed by atoms with Gasteiger partial charge in [0.05, 0.1) is 13.1 Å². The first kappa shape index (κ1) is 36.9. The van der Waals surface area contributed by atoms with Gasteiger partial charge in [-0.1, -0.05) is 64.1 Å². The van der Waals surface area contributed by atoms with Crippen LogP contribution in [-0.2, 0) is 40.0 Å². The lowest BCUT2D eigenvalue weighted by Gasteiger charge is -2.32. The molecular formula is C31H39N7O7S2. The van der Waals surface area contributed by atoms with Gasteiger partial charge >= 0.3 is 0 Å². The monoisotopic (exact) mass is 685 g/mol. The van der Waals surface area contributed by atoms with Crippen LogP contribution < -0.4 is 37.6 Å². The van der Waals surface area contributed by atoms with E-state index in [-0.39, 0.29) is 17.9 Å². The average Bonchev–Trinajstić information content (AvgIpc) is 3.01. The van der Waals surface area contributed by atoms with Gasteiger partial charge in [0, 0.05) is 23.8 Å². The van der Waals surface area contributed by atoms with Crippen molar-refractivity contribution in [2.75, 3.05) is 18.8 Å². The molecule has 2 aromatic carbocycles. The van der Waals surface area contributed by atoms with Gasteiger partial charge in [-0.15, -0.1) is 0 Å². The van der Waals surface area contributed by atoms with Crippen molar-refractivity contribution < 1.29 is 33.6 Å². The molecule has 14 nitrogen and oxygen atoms in total. The Hall–Kier alpha value is -4.57. The highest BCUT2D eigenvalue weighted by atomic mass is 33.1. The lowest BCUT2D eigenvalue weighted by Crippen LogP contribution is -2.58. The summed E-state index contributed by atoms with van der Waals surface area (Å²) >= 11 is 0. The van der Waals surface area contributed by atoms with Crippen LogP contribution in [0.1, 0.15) is 33.3 Å². The van der Waals surface area contributed by atoms with Gasteiger partial charge in [-0.2, -0.15) is 0 Å². The van der Waals surface area contributed by atoms with Crippen molar-refractivity contribution in [1.29, 1.82) is 0 Å². The van der Waals surface area contributed by atoms with Crippen molar-refractivity contribution in [3.05, 3.63) is 59.8 Å². The van der Waals surface area contributed by atoms with Gasteiger partial charge in [0.2, 0.25) is 35.4 Å². The van der Waals surface area contributed by atoms with E-state index in [1.54, 1.807) is 13.8 Å². The first-order valence-electron chi connectivity index (χ1n) is 14.7. The van der Waals surface area contributed by atoms with E-state index < -0.39 is 77.3 Å². The number of benzene rings is 2. The number of amides is 7. The van der Waals surface area contributed by atoms with E-state index in [0.717, 1.165) is 16.3 Å². The number of nitrogens with one attached hydrogen (secondary N) is 6. The Morgan fingerprint density at radius 2 is 1.57 bits per heavy atom. The third-order valence-corrected chi connectivity index (χ3v) is 10.1. The maximum Gasteiger partial charge on any atom is 0.264 e. The highest BCUT2D eigenvalue weighted by molar-refractivity contribution is 8.77. The van der Waals surface area contributed by atoms with Crippen molar-refractivity contribution in [2.45, 2.75) is 57.0 Å². The summed E-state index contributed by atoms with van der Waals surface area (Å²) in [6, 6.07) is 9.90. The van der Waals surface area contributed by atoms with E-state index in [2.05, 4.69) is 31.9 Å². The minimum absolute atomic E-state index is 0.0603. The zero-order valence-corrected chi connectivity index (χ0v) is 28.1. The maximum atomic E-state index is 13.4. The first-order chi connectivity index (χ1) is 22.2. The maximum absolute atomic E-state index is 13.4. The van der Waals surface area contributed by atoms with E-state index in [1.165, 1.54) is 41.5 Å². The molecule has 2 aromatic rings. The number of primary amides is 1. The van der Waals surface area contributed by atoms with E-state index in [4.69, 9.17) is 5.73 Å². The molecule has 1 heterocycles. The Morgan fingerprint density at radius 1 is 0.915 bits per heavy atom. The highest BCUT2D eigenvalue weighted by Crippen LogP contribution is 2.38. The molecule has 0 aliphatic carbocycles. The van der Waals surface area contributed by atoms with Crippen LogP contribution in [0.5, 0.6) is 0 Å². The number of hydrogen-bond acceptors (Lipinski definition) is 9. The van der Waals surface area contributed by atoms with Crippen LogP contribution in [0.3, 0.4) is 0 Å². The Kier molecular flexibility index (Phi) is 13.2. The molecule has 2 unspecified atom stereocenters. The molecule has 47 heavy (non-hydrogen) atoms. The van der Waals surface area contributed by atoms with Gasteiger partial charge in [-0.05, 0) is 43.2 Å². The molecule has 0 aromatic heterocycles. The molecule has 3 rings (SSSR count). The fourth-order valence-electron chi connectivity index (χ4n) is 4.54. The number of fused-ring (bicyclic) bond motifs is 1. The summed E-state index contributed by atoms with van der Waals surface area (Å²) in [5, 5.41) is 17.0. The van der Waals surface area contributed by atoms with E-state index in [9.17, 15) is 33.6 Å². The molecule has 0 fully saturated rings. The number of nitrogens with two attached hydrogens (primary N) is 1. The minimum atomic E-state index is -1.15. The molecule has 3 atom stereocenters. The lowest BCUT2D eigenvalue weighted by molar-refractivity contribution is -0.133. The molecule has 252 valence electrons. The number of hydrogen-bond donors (Lipinski definition) is 7. The standard InChI is InChI=1S/C31H39N7O7S2/c1-17-28(43)33-15-24(40)37-22(27(32)42)11-12-46-47-31(3,4)26(36-18(2)39)30(45)34-16-25(41)38-23(29(44)35-17)14-19-9-10-20-7-5-6-8-21(20)13-19/h5-11,13,17,23,26H,12,14-16H2,1-4H3,(H2,32,42)(H,33,43)(H,34,45)(H,35,44)(H,36,39)(H,37,40)(H,38,41)/t17?,23-,26?/m1/s1. The molecule has 16 heteroatoms. The van der Waals surface area contributed by atoms with Gasteiger partial charge in [0.25, 0.3) is 5.91 Å². The normalized spacial score (nSPS) is 22.3. The van der Waals surface area contributed by atoms with Crippen LogP contribution in [0.2, 0.25) is 0 Å². The predicted octanol–water partition coefficient (Wildman–Crippen LogP) is -0.232. The third-order valence-electron chi connectivity index (χ3n) is 6.98. The molecular weight excluding hydrogens is 647 g/mol. The largest absolute Gasteiger partial charge is 0.364 e. The van der Waals surface area contributed by atoms with E-state index >= 15 is 0 Å². The summed E-state index contributed by atoms with van der Waals surface area (Å²) < 4.78 is -0.918. The van der Waals surface area contributed by atoms with Crippen molar-refractivity contribution in [3.63, 3.8) is 0 Å². The van der Waals surface area contributed by atoms with E-state index in [1.807, 2.05) is 42.5 Å². The van der Waals surface area contributed by atoms with E-state index in [0.29, 0.717) is 0 Å². The summed E-state index contributed by atoms with van der Waals surface area (Å²) in [6.45, 7) is 5.09. The Bertz CT molecular complexity index is 1580. The van der Waals surface area contributed by atoms with Crippen LogP contribution in [-0.4, -0.2) is 83.1 Å². The third kappa shape index (κ3) is 11.3. The zero-order valence-electron chi connectivity index (χ0n) is 26.4. The molecule has 1 aliphatic heterocycles. The number of rotatable bonds is 4. The molecule has 0 bridgehead atoms. The van der Waals surface area contributed by atoms with Crippen LogP contribution in [0.25, 0.3) is 10.8 Å². The van der Waals surface area contributed by atoms with Crippen molar-refractivity contribution in [2.24, 2.45) is 5.73 Å². The smallest absolute Gasteiger partial charge is 0.264 e. The summed E-state index contributed by atoms with van der Waals surface area (Å²) in [5.41, 5.74) is 5.94. The van der Waals surface area contributed by atoms with Crippen LogP contribution in [0, 0.1) is 0 Å². The molecule has 0 spiro atoms. The fourth-order valence-corrected chi connectivity index (χ4v) is 7.02. The molecule has 1 aliphatic rings. The van der Waals surface area contributed by atoms with Gasteiger partial charge in [0.15, 0.2) is 0 Å². The molecule has 8 N–H and O–H groups in total. The SMILES string of the molecule is CC(=O)NC1C(=O)NCC(=O)N[C@H](Cc2ccc3ccccc3c2)C(=O)NC(C)C(=O)NCC(=O)NC(C(N)=O)=CCSSC1(C)C. The van der Waals surface area contributed by atoms with Gasteiger partial charge in [0.1, 0.15) is 23.8 Å². The quantitative estimate of drug-likeness (QED) is 0.211. The van der Waals surface area contributed by atoms with Gasteiger partial charge in [-0.25, -0.2) is 0 Å². The summed E-state index contributed by atoms with van der Waals surface area (Å²) in [4.78, 5) is 88.9. The summed E-state index contributed by atoms with van der Waals surface area (Å²) in [5.74, 6) is -4.61. The van der Waals surface area contributed by atoms with Crippen LogP contribution in [0.4, 0.5) is 0 Å². The molecule has 0 saturated carbocycles. The van der Waals surface area contributed by atoms with Crippen molar-refractivity contribution >= 4 is 73.7 Å². The molecule has 0 radical (unpaired) electrons. The Labute approximate surface area is 279 Å². The summed E-state index contributed by atoms with van der Waals surface area (Å²) in [7, 11) is 2.45. The fraction of sp³-hybridized carbons (Fsp3) is 0.387. The van der Waals surface area contributed by atoms with Crippen LogP contribution >= 0.6 is 21.6 Å². The Morgan fingerprint density at radius 3 is 2.26 bits per heavy atom. The highest BCUT2D eigenvalue weighted by Gasteiger charge is 2.37. The zero-order chi connectivity index (χ0) is 34.7. The van der Waals surface area contributed by atoms with Gasteiger partial charge < -0.3 is 37.6 Å². The second kappa shape index (κ2) is 16.8. The summed E-state index contributed by atoms with van der Waals surface area (Å²) in [6.07, 6.45) is 1.44. The van der Waals surface area contributed by atoms with Crippen LogP contribution in [0.15, 0.2) is 54.2 Å². The molecule has 0 saturated heterocycles. The number of carbonyl (C=O) groups is 7. The van der Waals surface area contributed by atoms with Crippen molar-refractivity contribution in [3.8, 4) is 0 Å². The topological polar surface area (TPSA) is 218 Å². The van der Waals surface area contributed by atoms with Crippen molar-refractivity contribution in [1.82, 2.24) is 31.9 Å². The Balaban J connectivity index is 1.89. The lowest BCUT2D eigenvalue weighted by atomic mass is 10.0. The minimum Gasteiger partial charge on any atom is -0.364 e. The predicted molar refractivity (Wildman–Crippen MR) is 180 cm³/mol.